The summed E-state index contributed by atoms with van der Waals surface area (Å²) in [5.41, 5.74) is 1.81. The van der Waals surface area contributed by atoms with Crippen molar-refractivity contribution in [3.63, 3.8) is 0 Å². The largest absolute Gasteiger partial charge is 0.496 e. The topological polar surface area (TPSA) is 66.0 Å². The highest BCUT2D eigenvalue weighted by molar-refractivity contribution is 5.54. The molecule has 2 unspecified atom stereocenters. The molecule has 0 aliphatic heterocycles. The number of nitrogens with zero attached hydrogens (tertiary/aromatic N) is 2. The maximum atomic E-state index is 9.33. The van der Waals surface area contributed by atoms with Gasteiger partial charge in [-0.1, -0.05) is 0 Å². The van der Waals surface area contributed by atoms with Crippen LogP contribution in [-0.4, -0.2) is 14.2 Å². The minimum absolute atomic E-state index is 0.275. The molecule has 1 aliphatic rings. The molecule has 0 bridgehead atoms. The molecule has 1 aromatic carbocycles. The molecular weight excluding hydrogens is 228 g/mol. The highest BCUT2D eigenvalue weighted by Gasteiger charge is 2.34. The van der Waals surface area contributed by atoms with Crippen LogP contribution >= 0.6 is 0 Å². The number of nitriles is 2. The standard InChI is InChI=1S/C14H14N2O2/c1-17-12-5-6-13(18-2)14-10(12)4-3-9(7-15)11(14)8-16/h5-6,9,11H,3-4H2,1-2H3. The Morgan fingerprint density at radius 3 is 2.33 bits per heavy atom. The summed E-state index contributed by atoms with van der Waals surface area (Å²) < 4.78 is 10.6. The predicted octanol–water partition coefficient (Wildman–Crippen LogP) is 2.40. The zero-order chi connectivity index (χ0) is 13.1. The lowest BCUT2D eigenvalue weighted by Crippen LogP contribution is -2.20. The first-order chi connectivity index (χ1) is 8.76. The fraction of sp³-hybridized carbons (Fsp3) is 0.429. The lowest BCUT2D eigenvalue weighted by atomic mass is 9.75. The van der Waals surface area contributed by atoms with E-state index < -0.39 is 5.92 Å². The molecule has 0 saturated carbocycles. The van der Waals surface area contributed by atoms with E-state index in [1.54, 1.807) is 20.3 Å². The molecular formula is C14H14N2O2. The van der Waals surface area contributed by atoms with E-state index in [1.807, 2.05) is 6.07 Å². The Labute approximate surface area is 106 Å². The number of hydrogen-bond acceptors (Lipinski definition) is 4. The van der Waals surface area contributed by atoms with Crippen molar-refractivity contribution < 1.29 is 9.47 Å². The smallest absolute Gasteiger partial charge is 0.123 e. The fourth-order valence-corrected chi connectivity index (χ4v) is 2.55. The Morgan fingerprint density at radius 2 is 1.78 bits per heavy atom. The molecule has 92 valence electrons. The van der Waals surface area contributed by atoms with E-state index in [0.717, 1.165) is 23.3 Å². The molecule has 0 fully saturated rings. The van der Waals surface area contributed by atoms with E-state index in [2.05, 4.69) is 12.1 Å². The number of rotatable bonds is 2. The summed E-state index contributed by atoms with van der Waals surface area (Å²) in [5, 5.41) is 18.5. The van der Waals surface area contributed by atoms with Crippen molar-refractivity contribution in [2.75, 3.05) is 14.2 Å². The van der Waals surface area contributed by atoms with Gasteiger partial charge in [0.2, 0.25) is 0 Å². The van der Waals surface area contributed by atoms with Crippen LogP contribution in [0.25, 0.3) is 0 Å². The lowest BCUT2D eigenvalue weighted by molar-refractivity contribution is 0.379. The average molecular weight is 242 g/mol. The Balaban J connectivity index is 2.64. The Bertz CT molecular complexity index is 540. The summed E-state index contributed by atoms with van der Waals surface area (Å²) >= 11 is 0. The number of fused-ring (bicyclic) bond motifs is 1. The molecule has 0 amide bonds. The van der Waals surface area contributed by atoms with E-state index in [1.165, 1.54) is 0 Å². The summed E-state index contributed by atoms with van der Waals surface area (Å²) in [6, 6.07) is 8.08. The third-order valence-corrected chi connectivity index (χ3v) is 3.44. The minimum Gasteiger partial charge on any atom is -0.496 e. The highest BCUT2D eigenvalue weighted by atomic mass is 16.5. The van der Waals surface area contributed by atoms with Crippen molar-refractivity contribution in [2.24, 2.45) is 5.92 Å². The van der Waals surface area contributed by atoms with E-state index in [4.69, 9.17) is 14.7 Å². The van der Waals surface area contributed by atoms with Gasteiger partial charge in [-0.05, 0) is 25.0 Å². The molecule has 0 spiro atoms. The normalized spacial score (nSPS) is 21.3. The van der Waals surface area contributed by atoms with Crippen molar-refractivity contribution in [1.29, 1.82) is 10.5 Å². The number of benzene rings is 1. The summed E-state index contributed by atoms with van der Waals surface area (Å²) in [5.74, 6) is 0.715. The van der Waals surface area contributed by atoms with Gasteiger partial charge in [0, 0.05) is 11.1 Å². The summed E-state index contributed by atoms with van der Waals surface area (Å²) in [6.45, 7) is 0. The molecule has 0 radical (unpaired) electrons. The van der Waals surface area contributed by atoms with Crippen LogP contribution in [0.15, 0.2) is 12.1 Å². The second kappa shape index (κ2) is 4.98. The molecule has 1 aliphatic carbocycles. The number of methoxy groups -OCH3 is 2. The predicted molar refractivity (Wildman–Crippen MR) is 65.3 cm³/mol. The Kier molecular flexibility index (Phi) is 3.39. The van der Waals surface area contributed by atoms with Crippen LogP contribution in [0.3, 0.4) is 0 Å². The van der Waals surface area contributed by atoms with Gasteiger partial charge in [-0.25, -0.2) is 0 Å². The van der Waals surface area contributed by atoms with Gasteiger partial charge >= 0.3 is 0 Å². The molecule has 0 N–H and O–H groups in total. The molecule has 4 heteroatoms. The Morgan fingerprint density at radius 1 is 1.11 bits per heavy atom. The summed E-state index contributed by atoms with van der Waals surface area (Å²) in [6.07, 6.45) is 1.43. The van der Waals surface area contributed by atoms with Crippen molar-refractivity contribution in [1.82, 2.24) is 0 Å². The first kappa shape index (κ1) is 12.3. The van der Waals surface area contributed by atoms with Gasteiger partial charge in [0.1, 0.15) is 11.5 Å². The van der Waals surface area contributed by atoms with Crippen molar-refractivity contribution in [2.45, 2.75) is 18.8 Å². The minimum atomic E-state index is -0.441. The monoisotopic (exact) mass is 242 g/mol. The average Bonchev–Trinajstić information content (AvgIpc) is 2.44. The first-order valence-corrected chi connectivity index (χ1v) is 5.79. The van der Waals surface area contributed by atoms with Crippen LogP contribution in [0.5, 0.6) is 11.5 Å². The van der Waals surface area contributed by atoms with Gasteiger partial charge in [-0.2, -0.15) is 10.5 Å². The van der Waals surface area contributed by atoms with Crippen LogP contribution in [0.2, 0.25) is 0 Å². The van der Waals surface area contributed by atoms with Crippen LogP contribution in [0.1, 0.15) is 23.5 Å². The van der Waals surface area contributed by atoms with Crippen molar-refractivity contribution in [3.8, 4) is 23.6 Å². The molecule has 2 atom stereocenters. The SMILES string of the molecule is COc1ccc(OC)c2c1CCC(C#N)C2C#N. The molecule has 18 heavy (non-hydrogen) atoms. The van der Waals surface area contributed by atoms with Crippen molar-refractivity contribution in [3.05, 3.63) is 23.3 Å². The number of ether oxygens (including phenoxy) is 2. The Hall–Kier alpha value is -2.20. The van der Waals surface area contributed by atoms with E-state index in [-0.39, 0.29) is 5.92 Å². The van der Waals surface area contributed by atoms with Crippen LogP contribution < -0.4 is 9.47 Å². The van der Waals surface area contributed by atoms with Crippen molar-refractivity contribution >= 4 is 0 Å². The molecule has 1 aromatic rings. The van der Waals surface area contributed by atoms with Gasteiger partial charge < -0.3 is 9.47 Å². The molecule has 4 nitrogen and oxygen atoms in total. The molecule has 0 aromatic heterocycles. The first-order valence-electron chi connectivity index (χ1n) is 5.79. The third kappa shape index (κ3) is 1.76. The molecule has 0 saturated heterocycles. The highest BCUT2D eigenvalue weighted by Crippen LogP contribution is 2.44. The van der Waals surface area contributed by atoms with Gasteiger partial charge in [0.25, 0.3) is 0 Å². The van der Waals surface area contributed by atoms with Crippen LogP contribution in [-0.2, 0) is 6.42 Å². The lowest BCUT2D eigenvalue weighted by Gasteiger charge is -2.27. The van der Waals surface area contributed by atoms with Gasteiger partial charge in [0.05, 0.1) is 38.2 Å². The molecule has 0 heterocycles. The third-order valence-electron chi connectivity index (χ3n) is 3.44. The maximum absolute atomic E-state index is 9.33. The van der Waals surface area contributed by atoms with Gasteiger partial charge in [0.15, 0.2) is 0 Å². The molecule has 2 rings (SSSR count). The van der Waals surface area contributed by atoms with Gasteiger partial charge in [-0.15, -0.1) is 0 Å². The maximum Gasteiger partial charge on any atom is 0.123 e. The van der Waals surface area contributed by atoms with E-state index >= 15 is 0 Å². The van der Waals surface area contributed by atoms with Crippen LogP contribution in [0.4, 0.5) is 0 Å². The number of hydrogen-bond donors (Lipinski definition) is 0. The second-order valence-electron chi connectivity index (χ2n) is 4.24. The summed E-state index contributed by atoms with van der Waals surface area (Å²) in [7, 11) is 3.19. The fourth-order valence-electron chi connectivity index (χ4n) is 2.55. The van der Waals surface area contributed by atoms with Gasteiger partial charge in [-0.3, -0.25) is 0 Å². The van der Waals surface area contributed by atoms with Crippen LogP contribution in [0, 0.1) is 28.6 Å². The van der Waals surface area contributed by atoms with E-state index in [0.29, 0.717) is 12.2 Å². The summed E-state index contributed by atoms with van der Waals surface area (Å²) in [4.78, 5) is 0. The second-order valence-corrected chi connectivity index (χ2v) is 4.24. The zero-order valence-electron chi connectivity index (χ0n) is 10.4. The zero-order valence-corrected chi connectivity index (χ0v) is 10.4. The van der Waals surface area contributed by atoms with E-state index in [9.17, 15) is 5.26 Å². The quantitative estimate of drug-likeness (QED) is 0.798.